The van der Waals surface area contributed by atoms with Gasteiger partial charge < -0.3 is 138 Å². The Morgan fingerprint density at radius 1 is 0.626 bits per heavy atom. The van der Waals surface area contributed by atoms with Crippen LogP contribution in [-0.2, 0) is 63.8 Å². The fourth-order valence-corrected chi connectivity index (χ4v) is 15.3. The molecule has 6 amide bonds. The zero-order chi connectivity index (χ0) is 82.5. The molecule has 8 aliphatic heterocycles. The van der Waals surface area contributed by atoms with Crippen LogP contribution < -0.4 is 63.3 Å². The van der Waals surface area contributed by atoms with Crippen molar-refractivity contribution in [3.63, 3.8) is 0 Å². The van der Waals surface area contributed by atoms with Gasteiger partial charge in [-0.25, -0.2) is 4.79 Å². The highest BCUT2D eigenvalue weighted by Crippen LogP contribution is 2.50. The van der Waals surface area contributed by atoms with Crippen LogP contribution in [0.1, 0.15) is 111 Å². The number of phenolic OH excluding ortho intramolecular Hbond substituents is 3. The molecular weight excluding hydrogens is 1550 g/mol. The van der Waals surface area contributed by atoms with Gasteiger partial charge >= 0.3 is 5.97 Å². The lowest BCUT2D eigenvalue weighted by Gasteiger charge is -2.48. The van der Waals surface area contributed by atoms with E-state index < -0.39 is 238 Å². The summed E-state index contributed by atoms with van der Waals surface area (Å²) in [7, 11) is 0. The summed E-state index contributed by atoms with van der Waals surface area (Å²) in [5, 5.41) is 131. The van der Waals surface area contributed by atoms with Gasteiger partial charge in [-0.1, -0.05) is 83.9 Å². The SMILES string of the molecule is CC1OC(OC2c3ccc(cc3)Oc3cc4cc(c3OC3OC(CO)C(O)C(O)C3OC3CC(C)(NCc5ccc(-c6ccc(Cl)cc6)cc5)C(O)C(C)O3)Oc3ccc(cc3Cl)C(O)C(N)C(=O)NC(CC(N)=O)C(=O)NC4C(=O)NC3C(=O)NC2C(=O)NC(C(=O)O)c2cc(O)cc(O)c2-c2cc3ccc2O)CC(C)(N)C1O. The first-order chi connectivity index (χ1) is 54.5. The average Bonchev–Trinajstić information content (AvgIpc) is 0.765. The van der Waals surface area contributed by atoms with Crippen LogP contribution in [0.2, 0.25) is 10.0 Å². The van der Waals surface area contributed by atoms with Gasteiger partial charge in [0.2, 0.25) is 47.5 Å². The summed E-state index contributed by atoms with van der Waals surface area (Å²) in [6.07, 6.45) is -22.2. The Labute approximate surface area is 665 Å². The molecule has 0 aliphatic carbocycles. The van der Waals surface area contributed by atoms with E-state index in [4.69, 9.17) is 78.3 Å². The van der Waals surface area contributed by atoms with Crippen LogP contribution in [0.3, 0.4) is 0 Å². The summed E-state index contributed by atoms with van der Waals surface area (Å²) in [6, 6.07) is 18.0. The molecule has 34 nitrogen and oxygen atoms in total. The van der Waals surface area contributed by atoms with Crippen LogP contribution in [0.15, 0.2) is 133 Å². The van der Waals surface area contributed by atoms with Crippen LogP contribution in [0.4, 0.5) is 0 Å². The van der Waals surface area contributed by atoms with Crippen molar-refractivity contribution < 1.29 is 123 Å². The predicted molar refractivity (Wildman–Crippen MR) is 404 cm³/mol. The van der Waals surface area contributed by atoms with Crippen LogP contribution in [-0.4, -0.2) is 196 Å². The van der Waals surface area contributed by atoms with Crippen molar-refractivity contribution >= 4 is 64.6 Å². The van der Waals surface area contributed by atoms with Crippen LogP contribution in [0, 0.1) is 0 Å². The number of primary amides is 1. The van der Waals surface area contributed by atoms with Crippen molar-refractivity contribution in [2.24, 2.45) is 17.2 Å². The fraction of sp³-hybridized carbons (Fsp3) is 0.380. The summed E-state index contributed by atoms with van der Waals surface area (Å²) in [4.78, 5) is 104. The van der Waals surface area contributed by atoms with Crippen molar-refractivity contribution in [2.75, 3.05) is 6.61 Å². The van der Waals surface area contributed by atoms with E-state index in [2.05, 4.69) is 31.9 Å². The van der Waals surface area contributed by atoms with Crippen molar-refractivity contribution in [2.45, 2.75) is 181 Å². The van der Waals surface area contributed by atoms with Gasteiger partial charge in [-0.05, 0) is 133 Å². The summed E-state index contributed by atoms with van der Waals surface area (Å²) < 4.78 is 52.5. The Hall–Kier alpha value is -10.4. The lowest BCUT2D eigenvalue weighted by molar-refractivity contribution is -0.334. The highest BCUT2D eigenvalue weighted by Gasteiger charge is 2.53. The third-order valence-electron chi connectivity index (χ3n) is 21.2. The number of carboxylic acids is 1. The minimum Gasteiger partial charge on any atom is -0.508 e. The molecule has 15 rings (SSSR count). The molecule has 0 spiro atoms. The van der Waals surface area contributed by atoms with Crippen LogP contribution in [0.25, 0.3) is 22.3 Å². The van der Waals surface area contributed by atoms with Crippen LogP contribution >= 0.6 is 23.2 Å². The first-order valence-corrected chi connectivity index (χ1v) is 37.3. The van der Waals surface area contributed by atoms with Gasteiger partial charge in [0.25, 0.3) is 0 Å². The number of carbonyl (C=O) groups is 7. The Balaban J connectivity index is 0.992. The van der Waals surface area contributed by atoms with Crippen molar-refractivity contribution in [1.29, 1.82) is 0 Å². The number of benzene rings is 7. The number of aliphatic carboxylic acids is 1. The molecule has 21 unspecified atom stereocenters. The van der Waals surface area contributed by atoms with Gasteiger partial charge in [0.1, 0.15) is 89.5 Å². The number of fused-ring (bicyclic) bond motifs is 15. The standard InChI is InChI=1S/C79H85Cl2N9O25/c1-32-69(99)78(3,84)28-55(108-32)113-66-37-11-17-43(18-12-37)110-51-23-40-24-52(67(51)115-77-68(65(98)64(97)53(31-91)112-77)114-56-29-79(4,70(100)33(2)109-56)85-30-34-5-7-35(8-6-34)36-9-15-41(80)16-10-36)111-50-20-14-39(22-46(50)81)63(96)58(83)72(102)86-47(27-54(82)95)71(101)87-60(40)74(104)88-59-38-13-19-48(93)44(21-38)57-45(25-42(92)26-49(57)94)61(76(106)107)89-75(105)62(66)90-73(59)103/h5-26,32-33,47,53,55-56,58-66,68-70,77,85,91-94,96-100H,27-31,83-84H2,1-4H3,(H2,82,95)(H,86,102)(H,87,101)(H,88,104)(H,89,105)(H,90,103)(H,106,107). The minimum atomic E-state index is -2.30. The molecule has 36 heteroatoms. The smallest absolute Gasteiger partial charge is 0.330 e. The number of halogens is 2. The number of aliphatic hydroxyl groups excluding tert-OH is 6. The maximum atomic E-state index is 16.3. The van der Waals surface area contributed by atoms with E-state index in [-0.39, 0.29) is 52.6 Å². The topological polar surface area (TPSA) is 546 Å². The van der Waals surface area contributed by atoms with E-state index >= 15 is 19.2 Å². The molecule has 11 bridgehead atoms. The molecule has 3 saturated heterocycles. The van der Waals surface area contributed by atoms with E-state index in [1.807, 2.05) is 36.4 Å². The summed E-state index contributed by atoms with van der Waals surface area (Å²) in [5.41, 5.74) is 16.3. The van der Waals surface area contributed by atoms with Gasteiger partial charge in [0.15, 0.2) is 36.2 Å². The Kier molecular flexibility index (Phi) is 24.0. The molecule has 8 heterocycles. The Morgan fingerprint density at radius 3 is 1.90 bits per heavy atom. The zero-order valence-corrected chi connectivity index (χ0v) is 63.3. The van der Waals surface area contributed by atoms with E-state index in [0.717, 1.165) is 59.2 Å². The van der Waals surface area contributed by atoms with E-state index in [1.54, 1.807) is 26.0 Å². The minimum absolute atomic E-state index is 0.0322. The highest BCUT2D eigenvalue weighted by atomic mass is 35.5. The number of ether oxygens (including phenoxy) is 8. The number of amides is 6. The van der Waals surface area contributed by atoms with Gasteiger partial charge in [-0.15, -0.1) is 0 Å². The first-order valence-electron chi connectivity index (χ1n) is 36.5. The van der Waals surface area contributed by atoms with E-state index in [0.29, 0.717) is 5.02 Å². The van der Waals surface area contributed by atoms with Crippen molar-refractivity contribution in [3.05, 3.63) is 177 Å². The number of phenols is 3. The number of aromatic hydroxyl groups is 3. The third kappa shape index (κ3) is 17.5. The number of carbonyl (C=O) groups excluding carboxylic acids is 6. The van der Waals surface area contributed by atoms with Gasteiger partial charge in [0.05, 0.1) is 42.5 Å². The molecule has 22 N–H and O–H groups in total. The van der Waals surface area contributed by atoms with E-state index in [1.165, 1.54) is 56.3 Å². The quantitative estimate of drug-likeness (QED) is 0.0744. The summed E-state index contributed by atoms with van der Waals surface area (Å²) >= 11 is 13.2. The van der Waals surface area contributed by atoms with Crippen LogP contribution in [0.5, 0.6) is 46.0 Å². The normalized spacial score (nSPS) is 31.0. The van der Waals surface area contributed by atoms with Crippen molar-refractivity contribution in [1.82, 2.24) is 31.9 Å². The largest absolute Gasteiger partial charge is 0.508 e. The lowest BCUT2D eigenvalue weighted by Crippen LogP contribution is -2.65. The molecule has 3 fully saturated rings. The number of nitrogens with one attached hydrogen (secondary N) is 6. The van der Waals surface area contributed by atoms with Gasteiger partial charge in [-0.3, -0.25) is 28.8 Å². The zero-order valence-electron chi connectivity index (χ0n) is 61.8. The Bertz CT molecular complexity index is 4880. The second-order valence-corrected chi connectivity index (χ2v) is 30.5. The van der Waals surface area contributed by atoms with Gasteiger partial charge in [0, 0.05) is 58.2 Å². The molecule has 0 radical (unpaired) electrons. The molecule has 610 valence electrons. The second-order valence-electron chi connectivity index (χ2n) is 29.7. The first kappa shape index (κ1) is 82.6. The number of aliphatic hydroxyl groups is 6. The van der Waals surface area contributed by atoms with Gasteiger partial charge in [-0.2, -0.15) is 0 Å². The molecule has 0 aromatic heterocycles. The Morgan fingerprint density at radius 2 is 1.24 bits per heavy atom. The molecule has 21 atom stereocenters. The number of hydrogen-bond acceptors (Lipinski definition) is 27. The summed E-state index contributed by atoms with van der Waals surface area (Å²) in [6.45, 7) is 5.55. The molecule has 0 saturated carbocycles. The molecule has 8 aliphatic rings. The third-order valence-corrected chi connectivity index (χ3v) is 21.8. The highest BCUT2D eigenvalue weighted by molar-refractivity contribution is 6.32. The molecule has 7 aromatic rings. The maximum absolute atomic E-state index is 16.3. The van der Waals surface area contributed by atoms with E-state index in [9.17, 15) is 65.4 Å². The molecular formula is C79H85Cl2N9O25. The maximum Gasteiger partial charge on any atom is 0.330 e. The lowest BCUT2D eigenvalue weighted by atomic mass is 9.84. The monoisotopic (exact) mass is 1630 g/mol. The molecule has 115 heavy (non-hydrogen) atoms. The number of hydrogen-bond donors (Lipinski definition) is 19. The predicted octanol–water partition coefficient (Wildman–Crippen LogP) is 3.05. The number of rotatable bonds is 14. The number of nitrogens with two attached hydrogens (primary N) is 3. The van der Waals surface area contributed by atoms with Crippen molar-refractivity contribution in [3.8, 4) is 68.2 Å². The second kappa shape index (κ2) is 33.5. The molecule has 7 aromatic carbocycles. The summed E-state index contributed by atoms with van der Waals surface area (Å²) in [5.74, 6) is -14.2. The average molecular weight is 1630 g/mol. The number of carboxylic acid groups (broad SMARTS) is 1. The fourth-order valence-electron chi connectivity index (χ4n) is 14.9.